The van der Waals surface area contributed by atoms with Crippen molar-refractivity contribution in [2.45, 2.75) is 58.5 Å². The molecule has 2 aliphatic carbocycles. The molecule has 2 aliphatic rings. The standard InChI is InChI=1S/C15H27NO2/c1-11(2)18-7-3-6-16-15(17)10-14-9-12-4-5-13(14)8-12/h11-14H,3-10H2,1-2H3,(H,16,17). The van der Waals surface area contributed by atoms with Crippen LogP contribution in [0.2, 0.25) is 0 Å². The summed E-state index contributed by atoms with van der Waals surface area (Å²) in [5.41, 5.74) is 0. The SMILES string of the molecule is CC(C)OCCCNC(=O)CC1CC2CCC1C2. The van der Waals surface area contributed by atoms with E-state index in [1.54, 1.807) is 0 Å². The van der Waals surface area contributed by atoms with Crippen LogP contribution in [-0.4, -0.2) is 25.2 Å². The van der Waals surface area contributed by atoms with Crippen molar-refractivity contribution in [1.82, 2.24) is 5.32 Å². The average Bonchev–Trinajstić information content (AvgIpc) is 2.90. The Balaban J connectivity index is 1.53. The molecule has 2 rings (SSSR count). The van der Waals surface area contributed by atoms with Crippen LogP contribution in [0.25, 0.3) is 0 Å². The van der Waals surface area contributed by atoms with E-state index in [4.69, 9.17) is 4.74 Å². The number of carbonyl (C=O) groups is 1. The van der Waals surface area contributed by atoms with Gasteiger partial charge in [-0.2, -0.15) is 0 Å². The maximum absolute atomic E-state index is 11.8. The van der Waals surface area contributed by atoms with Gasteiger partial charge in [-0.05, 0) is 57.3 Å². The van der Waals surface area contributed by atoms with Crippen molar-refractivity contribution in [3.05, 3.63) is 0 Å². The summed E-state index contributed by atoms with van der Waals surface area (Å²) in [5, 5.41) is 3.02. The topological polar surface area (TPSA) is 38.3 Å². The minimum absolute atomic E-state index is 0.247. The molecule has 2 bridgehead atoms. The number of ether oxygens (including phenoxy) is 1. The lowest BCUT2D eigenvalue weighted by Gasteiger charge is -2.20. The van der Waals surface area contributed by atoms with Gasteiger partial charge in [-0.25, -0.2) is 0 Å². The van der Waals surface area contributed by atoms with E-state index in [1.165, 1.54) is 25.7 Å². The largest absolute Gasteiger partial charge is 0.379 e. The number of rotatable bonds is 7. The molecule has 0 aromatic carbocycles. The first-order valence-electron chi connectivity index (χ1n) is 7.53. The second-order valence-corrected chi connectivity index (χ2v) is 6.26. The molecule has 0 spiro atoms. The van der Waals surface area contributed by atoms with Crippen LogP contribution in [0.5, 0.6) is 0 Å². The number of amides is 1. The van der Waals surface area contributed by atoms with Gasteiger partial charge in [-0.15, -0.1) is 0 Å². The summed E-state index contributed by atoms with van der Waals surface area (Å²) in [6, 6.07) is 0. The lowest BCUT2D eigenvalue weighted by Crippen LogP contribution is -2.28. The molecule has 2 fully saturated rings. The van der Waals surface area contributed by atoms with E-state index in [1.807, 2.05) is 13.8 Å². The minimum atomic E-state index is 0.247. The highest BCUT2D eigenvalue weighted by molar-refractivity contribution is 5.76. The molecule has 18 heavy (non-hydrogen) atoms. The summed E-state index contributed by atoms with van der Waals surface area (Å²) in [7, 11) is 0. The molecular formula is C15H27NO2. The third-order valence-corrected chi connectivity index (χ3v) is 4.43. The highest BCUT2D eigenvalue weighted by Crippen LogP contribution is 2.49. The zero-order chi connectivity index (χ0) is 13.0. The summed E-state index contributed by atoms with van der Waals surface area (Å²) in [6.07, 6.45) is 7.43. The predicted molar refractivity (Wildman–Crippen MR) is 72.3 cm³/mol. The summed E-state index contributed by atoms with van der Waals surface area (Å²) >= 11 is 0. The van der Waals surface area contributed by atoms with E-state index in [-0.39, 0.29) is 12.0 Å². The number of fused-ring (bicyclic) bond motifs is 2. The van der Waals surface area contributed by atoms with Crippen LogP contribution >= 0.6 is 0 Å². The van der Waals surface area contributed by atoms with E-state index < -0.39 is 0 Å². The number of hydrogen-bond acceptors (Lipinski definition) is 2. The first-order valence-corrected chi connectivity index (χ1v) is 7.53. The first-order chi connectivity index (χ1) is 8.65. The van der Waals surface area contributed by atoms with Gasteiger partial charge in [-0.3, -0.25) is 4.79 Å². The lowest BCUT2D eigenvalue weighted by molar-refractivity contribution is -0.122. The highest BCUT2D eigenvalue weighted by Gasteiger charge is 2.39. The molecule has 3 heteroatoms. The van der Waals surface area contributed by atoms with E-state index in [0.717, 1.165) is 37.8 Å². The Morgan fingerprint density at radius 1 is 1.33 bits per heavy atom. The monoisotopic (exact) mass is 253 g/mol. The zero-order valence-electron chi connectivity index (χ0n) is 11.8. The van der Waals surface area contributed by atoms with E-state index in [2.05, 4.69) is 5.32 Å². The quantitative estimate of drug-likeness (QED) is 0.708. The summed E-state index contributed by atoms with van der Waals surface area (Å²) in [5.74, 6) is 2.71. The Labute approximate surface area is 111 Å². The predicted octanol–water partition coefficient (Wildman–Crippen LogP) is 2.74. The van der Waals surface area contributed by atoms with Crippen LogP contribution in [-0.2, 0) is 9.53 Å². The average molecular weight is 253 g/mol. The van der Waals surface area contributed by atoms with Crippen molar-refractivity contribution in [2.75, 3.05) is 13.2 Å². The van der Waals surface area contributed by atoms with E-state index >= 15 is 0 Å². The highest BCUT2D eigenvalue weighted by atomic mass is 16.5. The number of carbonyl (C=O) groups excluding carboxylic acids is 1. The lowest BCUT2D eigenvalue weighted by atomic mass is 9.86. The smallest absolute Gasteiger partial charge is 0.220 e. The molecule has 0 radical (unpaired) electrons. The minimum Gasteiger partial charge on any atom is -0.379 e. The van der Waals surface area contributed by atoms with Crippen molar-refractivity contribution >= 4 is 5.91 Å². The third-order valence-electron chi connectivity index (χ3n) is 4.43. The van der Waals surface area contributed by atoms with Crippen molar-refractivity contribution in [1.29, 1.82) is 0 Å². The third kappa shape index (κ3) is 3.98. The molecular weight excluding hydrogens is 226 g/mol. The maximum Gasteiger partial charge on any atom is 0.220 e. The van der Waals surface area contributed by atoms with Gasteiger partial charge in [0, 0.05) is 19.6 Å². The van der Waals surface area contributed by atoms with Crippen LogP contribution in [0.15, 0.2) is 0 Å². The van der Waals surface area contributed by atoms with Gasteiger partial charge >= 0.3 is 0 Å². The molecule has 3 unspecified atom stereocenters. The molecule has 104 valence electrons. The first kappa shape index (κ1) is 13.9. The zero-order valence-corrected chi connectivity index (χ0v) is 11.8. The molecule has 2 saturated carbocycles. The van der Waals surface area contributed by atoms with Crippen LogP contribution < -0.4 is 5.32 Å². The molecule has 1 amide bonds. The fraction of sp³-hybridized carbons (Fsp3) is 0.933. The molecule has 0 heterocycles. The van der Waals surface area contributed by atoms with E-state index in [9.17, 15) is 4.79 Å². The molecule has 0 saturated heterocycles. The van der Waals surface area contributed by atoms with Gasteiger partial charge in [0.1, 0.15) is 0 Å². The van der Waals surface area contributed by atoms with Crippen molar-refractivity contribution in [2.24, 2.45) is 17.8 Å². The summed E-state index contributed by atoms with van der Waals surface area (Å²) in [4.78, 5) is 11.8. The summed E-state index contributed by atoms with van der Waals surface area (Å²) < 4.78 is 5.45. The van der Waals surface area contributed by atoms with Gasteiger partial charge in [0.25, 0.3) is 0 Å². The van der Waals surface area contributed by atoms with Gasteiger partial charge in [0.2, 0.25) is 5.91 Å². The van der Waals surface area contributed by atoms with Gasteiger partial charge in [-0.1, -0.05) is 6.42 Å². The van der Waals surface area contributed by atoms with Crippen molar-refractivity contribution in [3.63, 3.8) is 0 Å². The van der Waals surface area contributed by atoms with Crippen LogP contribution in [0.4, 0.5) is 0 Å². The van der Waals surface area contributed by atoms with Gasteiger partial charge in [0.05, 0.1) is 6.10 Å². The molecule has 3 atom stereocenters. The second-order valence-electron chi connectivity index (χ2n) is 6.26. The Hall–Kier alpha value is -0.570. The van der Waals surface area contributed by atoms with Crippen LogP contribution in [0, 0.1) is 17.8 Å². The Morgan fingerprint density at radius 2 is 2.17 bits per heavy atom. The second kappa shape index (κ2) is 6.55. The fourth-order valence-electron chi connectivity index (χ4n) is 3.56. The number of nitrogens with one attached hydrogen (secondary N) is 1. The number of hydrogen-bond donors (Lipinski definition) is 1. The summed E-state index contributed by atoms with van der Waals surface area (Å²) in [6.45, 7) is 5.57. The normalized spacial score (nSPS) is 30.1. The van der Waals surface area contributed by atoms with Gasteiger partial charge in [0.15, 0.2) is 0 Å². The Kier molecular flexibility index (Phi) is 5.04. The fourth-order valence-corrected chi connectivity index (χ4v) is 3.56. The maximum atomic E-state index is 11.8. The Bertz CT molecular complexity index is 278. The Morgan fingerprint density at radius 3 is 2.78 bits per heavy atom. The molecule has 0 aromatic heterocycles. The molecule has 0 aromatic rings. The molecule has 1 N–H and O–H groups in total. The molecule has 3 nitrogen and oxygen atoms in total. The van der Waals surface area contributed by atoms with E-state index in [0.29, 0.717) is 5.92 Å². The van der Waals surface area contributed by atoms with Crippen LogP contribution in [0.1, 0.15) is 52.4 Å². The van der Waals surface area contributed by atoms with Crippen LogP contribution in [0.3, 0.4) is 0 Å². The van der Waals surface area contributed by atoms with Gasteiger partial charge < -0.3 is 10.1 Å². The van der Waals surface area contributed by atoms with Crippen molar-refractivity contribution < 1.29 is 9.53 Å². The molecule has 0 aliphatic heterocycles. The van der Waals surface area contributed by atoms with Crippen molar-refractivity contribution in [3.8, 4) is 0 Å².